The molecule has 0 aliphatic rings. The van der Waals surface area contributed by atoms with E-state index in [0.717, 1.165) is 10.2 Å². The Morgan fingerprint density at radius 2 is 2.13 bits per heavy atom. The third-order valence-corrected chi connectivity index (χ3v) is 2.74. The molecule has 0 amide bonds. The summed E-state index contributed by atoms with van der Waals surface area (Å²) < 4.78 is 2.71. The number of carbonyl (C=O) groups is 1. The van der Waals surface area contributed by atoms with Crippen molar-refractivity contribution in [3.05, 3.63) is 47.0 Å². The highest BCUT2D eigenvalue weighted by atomic mass is 79.9. The fraction of sp³-hybridized carbons (Fsp3) is 0.0909. The standard InChI is InChI=1S/C11H9BrN2O/c1-8(15)11-13-6-7-14(11)10-5-3-2-4-9(10)12/h2-7H,1H3. The maximum Gasteiger partial charge on any atom is 0.195 e. The molecule has 1 aromatic carbocycles. The molecule has 0 saturated carbocycles. The summed E-state index contributed by atoms with van der Waals surface area (Å²) in [4.78, 5) is 15.3. The lowest BCUT2D eigenvalue weighted by Crippen LogP contribution is -2.05. The SMILES string of the molecule is CC(=O)c1nccn1-c1ccccc1Br. The number of carbonyl (C=O) groups excluding carboxylic acids is 1. The van der Waals surface area contributed by atoms with E-state index in [4.69, 9.17) is 0 Å². The Morgan fingerprint density at radius 3 is 2.80 bits per heavy atom. The average molecular weight is 265 g/mol. The Labute approximate surface area is 95.9 Å². The van der Waals surface area contributed by atoms with Gasteiger partial charge in [0.05, 0.1) is 5.69 Å². The number of ketones is 1. The first-order chi connectivity index (χ1) is 7.20. The number of Topliss-reactive ketones (excluding diaryl/α,β-unsaturated/α-hetero) is 1. The predicted molar refractivity (Wildman–Crippen MR) is 61.3 cm³/mol. The summed E-state index contributed by atoms with van der Waals surface area (Å²) in [5.74, 6) is 0.401. The van der Waals surface area contributed by atoms with Gasteiger partial charge in [-0.3, -0.25) is 9.36 Å². The fourth-order valence-corrected chi connectivity index (χ4v) is 1.88. The van der Waals surface area contributed by atoms with E-state index in [1.165, 1.54) is 6.92 Å². The van der Waals surface area contributed by atoms with Crippen molar-refractivity contribution in [1.29, 1.82) is 0 Å². The van der Waals surface area contributed by atoms with Crippen LogP contribution in [-0.2, 0) is 0 Å². The van der Waals surface area contributed by atoms with Gasteiger partial charge in [0.25, 0.3) is 0 Å². The van der Waals surface area contributed by atoms with Gasteiger partial charge in [-0.1, -0.05) is 12.1 Å². The second-order valence-corrected chi connectivity index (χ2v) is 3.98. The van der Waals surface area contributed by atoms with Crippen molar-refractivity contribution in [2.75, 3.05) is 0 Å². The Kier molecular flexibility index (Phi) is 2.68. The molecule has 0 bridgehead atoms. The van der Waals surface area contributed by atoms with Crippen molar-refractivity contribution in [3.8, 4) is 5.69 Å². The van der Waals surface area contributed by atoms with Crippen LogP contribution in [0.15, 0.2) is 41.1 Å². The van der Waals surface area contributed by atoms with Crippen LogP contribution >= 0.6 is 15.9 Å². The largest absolute Gasteiger partial charge is 0.296 e. The fourth-order valence-electron chi connectivity index (χ4n) is 1.41. The van der Waals surface area contributed by atoms with Crippen LogP contribution in [0.5, 0.6) is 0 Å². The number of imidazole rings is 1. The summed E-state index contributed by atoms with van der Waals surface area (Å²) in [7, 11) is 0. The molecule has 1 aromatic heterocycles. The smallest absolute Gasteiger partial charge is 0.195 e. The van der Waals surface area contributed by atoms with Crippen LogP contribution in [-0.4, -0.2) is 15.3 Å². The highest BCUT2D eigenvalue weighted by Crippen LogP contribution is 2.21. The van der Waals surface area contributed by atoms with Crippen LogP contribution < -0.4 is 0 Å². The molecule has 0 saturated heterocycles. The first-order valence-corrected chi connectivity index (χ1v) is 5.28. The quantitative estimate of drug-likeness (QED) is 0.782. The second-order valence-electron chi connectivity index (χ2n) is 3.13. The summed E-state index contributed by atoms with van der Waals surface area (Å²) in [5.41, 5.74) is 0.917. The maximum absolute atomic E-state index is 11.3. The van der Waals surface area contributed by atoms with E-state index in [1.54, 1.807) is 17.0 Å². The van der Waals surface area contributed by atoms with Crippen molar-refractivity contribution in [2.45, 2.75) is 6.92 Å². The Hall–Kier alpha value is -1.42. The van der Waals surface area contributed by atoms with Gasteiger partial charge in [0.2, 0.25) is 0 Å². The molecule has 4 heteroatoms. The number of para-hydroxylation sites is 1. The number of hydrogen-bond donors (Lipinski definition) is 0. The second kappa shape index (κ2) is 3.98. The Morgan fingerprint density at radius 1 is 1.40 bits per heavy atom. The van der Waals surface area contributed by atoms with Gasteiger partial charge in [0.15, 0.2) is 11.6 Å². The molecule has 0 atom stereocenters. The molecule has 0 aliphatic carbocycles. The van der Waals surface area contributed by atoms with Crippen LogP contribution in [0.2, 0.25) is 0 Å². The van der Waals surface area contributed by atoms with E-state index in [2.05, 4.69) is 20.9 Å². The lowest BCUT2D eigenvalue weighted by molar-refractivity contribution is 0.100. The molecule has 0 fully saturated rings. The van der Waals surface area contributed by atoms with Crippen LogP contribution in [0, 0.1) is 0 Å². The first kappa shape index (κ1) is 10.1. The first-order valence-electron chi connectivity index (χ1n) is 4.49. The van der Waals surface area contributed by atoms with Gasteiger partial charge in [-0.25, -0.2) is 4.98 Å². The predicted octanol–water partition coefficient (Wildman–Crippen LogP) is 2.84. The third kappa shape index (κ3) is 1.85. The summed E-state index contributed by atoms with van der Waals surface area (Å²) in [6.07, 6.45) is 3.40. The number of rotatable bonds is 2. The molecular weight excluding hydrogens is 256 g/mol. The summed E-state index contributed by atoms with van der Waals surface area (Å²) in [6, 6.07) is 7.71. The zero-order valence-corrected chi connectivity index (χ0v) is 9.73. The van der Waals surface area contributed by atoms with Crippen LogP contribution in [0.1, 0.15) is 17.5 Å². The molecule has 0 spiro atoms. The minimum Gasteiger partial charge on any atom is -0.296 e. The van der Waals surface area contributed by atoms with E-state index < -0.39 is 0 Å². The van der Waals surface area contributed by atoms with E-state index in [0.29, 0.717) is 5.82 Å². The molecule has 0 unspecified atom stereocenters. The third-order valence-electron chi connectivity index (χ3n) is 2.07. The molecule has 0 N–H and O–H groups in total. The van der Waals surface area contributed by atoms with Crippen molar-refractivity contribution in [3.63, 3.8) is 0 Å². The minimum absolute atomic E-state index is 0.0456. The van der Waals surface area contributed by atoms with Gasteiger partial charge in [0.1, 0.15) is 0 Å². The minimum atomic E-state index is -0.0456. The van der Waals surface area contributed by atoms with E-state index in [-0.39, 0.29) is 5.78 Å². The van der Waals surface area contributed by atoms with Gasteiger partial charge in [0, 0.05) is 23.8 Å². The Balaban J connectivity index is 2.59. The Bertz CT molecular complexity index is 505. The number of nitrogens with zero attached hydrogens (tertiary/aromatic N) is 2. The van der Waals surface area contributed by atoms with Gasteiger partial charge in [-0.15, -0.1) is 0 Å². The van der Waals surface area contributed by atoms with Crippen molar-refractivity contribution in [2.24, 2.45) is 0 Å². The molecule has 2 aromatic rings. The molecule has 76 valence electrons. The summed E-state index contributed by atoms with van der Waals surface area (Å²) in [6.45, 7) is 1.51. The van der Waals surface area contributed by atoms with E-state index in [1.807, 2.05) is 24.3 Å². The van der Waals surface area contributed by atoms with Gasteiger partial charge >= 0.3 is 0 Å². The van der Waals surface area contributed by atoms with Crippen molar-refractivity contribution in [1.82, 2.24) is 9.55 Å². The number of aromatic nitrogens is 2. The van der Waals surface area contributed by atoms with Crippen LogP contribution in [0.3, 0.4) is 0 Å². The molecule has 0 aliphatic heterocycles. The van der Waals surface area contributed by atoms with Gasteiger partial charge in [-0.05, 0) is 28.1 Å². The number of halogens is 1. The molecule has 1 heterocycles. The lowest BCUT2D eigenvalue weighted by atomic mass is 10.3. The molecule has 0 radical (unpaired) electrons. The maximum atomic E-state index is 11.3. The molecular formula is C11H9BrN2O. The highest BCUT2D eigenvalue weighted by Gasteiger charge is 2.10. The highest BCUT2D eigenvalue weighted by molar-refractivity contribution is 9.10. The molecule has 2 rings (SSSR count). The van der Waals surface area contributed by atoms with E-state index >= 15 is 0 Å². The molecule has 15 heavy (non-hydrogen) atoms. The van der Waals surface area contributed by atoms with Gasteiger partial charge < -0.3 is 0 Å². The number of benzene rings is 1. The zero-order chi connectivity index (χ0) is 10.8. The average Bonchev–Trinajstić information content (AvgIpc) is 2.67. The van der Waals surface area contributed by atoms with Crippen LogP contribution in [0.4, 0.5) is 0 Å². The molecule has 3 nitrogen and oxygen atoms in total. The van der Waals surface area contributed by atoms with Gasteiger partial charge in [-0.2, -0.15) is 0 Å². The summed E-state index contributed by atoms with van der Waals surface area (Å²) >= 11 is 3.44. The van der Waals surface area contributed by atoms with Crippen LogP contribution in [0.25, 0.3) is 5.69 Å². The van der Waals surface area contributed by atoms with E-state index in [9.17, 15) is 4.79 Å². The van der Waals surface area contributed by atoms with Crippen molar-refractivity contribution >= 4 is 21.7 Å². The summed E-state index contributed by atoms with van der Waals surface area (Å²) in [5, 5.41) is 0. The normalized spacial score (nSPS) is 10.3. The number of hydrogen-bond acceptors (Lipinski definition) is 2. The zero-order valence-electron chi connectivity index (χ0n) is 8.14. The lowest BCUT2D eigenvalue weighted by Gasteiger charge is -2.07. The van der Waals surface area contributed by atoms with Crippen molar-refractivity contribution < 1.29 is 4.79 Å². The topological polar surface area (TPSA) is 34.9 Å². The monoisotopic (exact) mass is 264 g/mol.